The minimum Gasteiger partial charge on any atom is -0.478 e. The summed E-state index contributed by atoms with van der Waals surface area (Å²) in [4.78, 5) is 9.09. The third-order valence-electron chi connectivity index (χ3n) is 3.28. The first-order valence-corrected chi connectivity index (χ1v) is 6.14. The van der Waals surface area contributed by atoms with Crippen LogP contribution in [-0.2, 0) is 10.2 Å². The van der Waals surface area contributed by atoms with Crippen LogP contribution in [0.2, 0.25) is 0 Å². The van der Waals surface area contributed by atoms with E-state index in [0.717, 1.165) is 11.6 Å². The third-order valence-corrected chi connectivity index (χ3v) is 3.28. The zero-order chi connectivity index (χ0) is 12.5. The smallest absolute Gasteiger partial charge is 0.195 e. The molecule has 3 heteroatoms. The van der Waals surface area contributed by atoms with Crippen LogP contribution < -0.4 is 0 Å². The minimum absolute atomic E-state index is 0.245. The molecule has 92 valence electrons. The second-order valence-electron chi connectivity index (χ2n) is 5.40. The fraction of sp³-hybridized carbons (Fsp3) is 0.571. The Hall–Kier alpha value is -1.38. The van der Waals surface area contributed by atoms with Crippen LogP contribution in [0.15, 0.2) is 29.4 Å². The SMILES string of the molecule is CC(C)[C@H]1COC(C(C)(C)c2ccccn2)=N1. The number of hydrogen-bond donors (Lipinski definition) is 0. The monoisotopic (exact) mass is 232 g/mol. The lowest BCUT2D eigenvalue weighted by atomic mass is 9.88. The highest BCUT2D eigenvalue weighted by molar-refractivity contribution is 5.88. The molecule has 0 spiro atoms. The van der Waals surface area contributed by atoms with Crippen LogP contribution in [0.1, 0.15) is 33.4 Å². The van der Waals surface area contributed by atoms with E-state index in [4.69, 9.17) is 9.73 Å². The summed E-state index contributed by atoms with van der Waals surface area (Å²) in [6.07, 6.45) is 1.81. The highest BCUT2D eigenvalue weighted by Gasteiger charge is 2.35. The molecule has 0 amide bonds. The molecule has 0 saturated carbocycles. The Morgan fingerprint density at radius 3 is 2.65 bits per heavy atom. The van der Waals surface area contributed by atoms with E-state index in [2.05, 4.69) is 32.7 Å². The fourth-order valence-electron chi connectivity index (χ4n) is 1.91. The molecular weight excluding hydrogens is 212 g/mol. The maximum Gasteiger partial charge on any atom is 0.195 e. The zero-order valence-electron chi connectivity index (χ0n) is 11.0. The van der Waals surface area contributed by atoms with E-state index in [1.54, 1.807) is 0 Å². The van der Waals surface area contributed by atoms with E-state index < -0.39 is 0 Å². The second-order valence-corrected chi connectivity index (χ2v) is 5.40. The van der Waals surface area contributed by atoms with Crippen molar-refractivity contribution in [2.75, 3.05) is 6.61 Å². The van der Waals surface area contributed by atoms with Gasteiger partial charge in [0.25, 0.3) is 0 Å². The average Bonchev–Trinajstić information content (AvgIpc) is 2.80. The predicted octanol–water partition coefficient (Wildman–Crippen LogP) is 2.81. The highest BCUT2D eigenvalue weighted by Crippen LogP contribution is 2.28. The molecule has 0 fully saturated rings. The van der Waals surface area contributed by atoms with Gasteiger partial charge in [-0.1, -0.05) is 19.9 Å². The highest BCUT2D eigenvalue weighted by atomic mass is 16.5. The van der Waals surface area contributed by atoms with E-state index in [1.807, 2.05) is 24.4 Å². The predicted molar refractivity (Wildman–Crippen MR) is 69.3 cm³/mol. The van der Waals surface area contributed by atoms with Crippen LogP contribution in [0.3, 0.4) is 0 Å². The Balaban J connectivity index is 2.26. The first kappa shape index (κ1) is 12.1. The Bertz CT molecular complexity index is 409. The van der Waals surface area contributed by atoms with Gasteiger partial charge in [-0.05, 0) is 31.9 Å². The number of hydrogen-bond acceptors (Lipinski definition) is 3. The average molecular weight is 232 g/mol. The van der Waals surface area contributed by atoms with Gasteiger partial charge >= 0.3 is 0 Å². The summed E-state index contributed by atoms with van der Waals surface area (Å²) in [5.41, 5.74) is 0.758. The van der Waals surface area contributed by atoms with Crippen molar-refractivity contribution in [1.82, 2.24) is 4.98 Å². The molecule has 1 aromatic heterocycles. The molecule has 0 saturated heterocycles. The van der Waals surface area contributed by atoms with Gasteiger partial charge < -0.3 is 4.74 Å². The van der Waals surface area contributed by atoms with Crippen molar-refractivity contribution in [3.8, 4) is 0 Å². The first-order chi connectivity index (χ1) is 8.01. The number of aliphatic imine (C=N–C) groups is 1. The third kappa shape index (κ3) is 2.33. The van der Waals surface area contributed by atoms with Crippen LogP contribution in [0.4, 0.5) is 0 Å². The van der Waals surface area contributed by atoms with E-state index >= 15 is 0 Å². The largest absolute Gasteiger partial charge is 0.478 e. The number of ether oxygens (including phenoxy) is 1. The summed E-state index contributed by atoms with van der Waals surface area (Å²) < 4.78 is 5.76. The maximum atomic E-state index is 5.76. The van der Waals surface area contributed by atoms with Crippen molar-refractivity contribution >= 4 is 5.90 Å². The van der Waals surface area contributed by atoms with E-state index in [1.165, 1.54) is 0 Å². The Labute approximate surface area is 103 Å². The Morgan fingerprint density at radius 1 is 1.35 bits per heavy atom. The van der Waals surface area contributed by atoms with Crippen LogP contribution in [0.25, 0.3) is 0 Å². The molecule has 1 aliphatic heterocycles. The van der Waals surface area contributed by atoms with Crippen molar-refractivity contribution in [2.24, 2.45) is 10.9 Å². The molecule has 0 aliphatic carbocycles. The molecular formula is C14H20N2O. The van der Waals surface area contributed by atoms with Crippen molar-refractivity contribution < 1.29 is 4.74 Å². The number of nitrogens with zero attached hydrogens (tertiary/aromatic N) is 2. The van der Waals surface area contributed by atoms with E-state index in [9.17, 15) is 0 Å². The van der Waals surface area contributed by atoms with Crippen molar-refractivity contribution in [3.63, 3.8) is 0 Å². The van der Waals surface area contributed by atoms with Gasteiger partial charge in [-0.3, -0.25) is 4.98 Å². The lowest BCUT2D eigenvalue weighted by Crippen LogP contribution is -2.30. The summed E-state index contributed by atoms with van der Waals surface area (Å²) in [7, 11) is 0. The van der Waals surface area contributed by atoms with Gasteiger partial charge in [0.2, 0.25) is 0 Å². The summed E-state index contributed by atoms with van der Waals surface area (Å²) in [6, 6.07) is 6.23. The molecule has 1 aliphatic rings. The quantitative estimate of drug-likeness (QED) is 0.803. The number of pyridine rings is 1. The standard InChI is InChI=1S/C14H20N2O/c1-10(2)11-9-17-13(16-11)14(3,4)12-7-5-6-8-15-12/h5-8,10-11H,9H2,1-4H3/t11-/m1/s1. The minimum atomic E-state index is -0.245. The summed E-state index contributed by atoms with van der Waals surface area (Å²) >= 11 is 0. The van der Waals surface area contributed by atoms with Gasteiger partial charge in [-0.2, -0.15) is 0 Å². The van der Waals surface area contributed by atoms with Crippen LogP contribution in [0.5, 0.6) is 0 Å². The molecule has 17 heavy (non-hydrogen) atoms. The number of rotatable bonds is 3. The lowest BCUT2D eigenvalue weighted by Gasteiger charge is -2.22. The van der Waals surface area contributed by atoms with Crippen LogP contribution in [0, 0.1) is 5.92 Å². The van der Waals surface area contributed by atoms with Crippen LogP contribution >= 0.6 is 0 Å². The molecule has 0 bridgehead atoms. The van der Waals surface area contributed by atoms with Gasteiger partial charge in [0, 0.05) is 6.20 Å². The Morgan fingerprint density at radius 2 is 2.12 bits per heavy atom. The normalized spacial score (nSPS) is 20.3. The van der Waals surface area contributed by atoms with Crippen molar-refractivity contribution in [3.05, 3.63) is 30.1 Å². The zero-order valence-corrected chi connectivity index (χ0v) is 11.0. The molecule has 1 atom stereocenters. The number of aromatic nitrogens is 1. The van der Waals surface area contributed by atoms with Gasteiger partial charge in [0.1, 0.15) is 6.61 Å². The maximum absolute atomic E-state index is 5.76. The summed E-state index contributed by atoms with van der Waals surface area (Å²) in [6.45, 7) is 9.26. The van der Waals surface area contributed by atoms with Crippen molar-refractivity contribution in [1.29, 1.82) is 0 Å². The second kappa shape index (κ2) is 4.47. The van der Waals surface area contributed by atoms with E-state index in [-0.39, 0.29) is 11.5 Å². The van der Waals surface area contributed by atoms with Gasteiger partial charge in [-0.25, -0.2) is 4.99 Å². The first-order valence-electron chi connectivity index (χ1n) is 6.14. The van der Waals surface area contributed by atoms with Crippen LogP contribution in [-0.4, -0.2) is 23.5 Å². The topological polar surface area (TPSA) is 34.5 Å². The molecule has 1 aromatic rings. The fourth-order valence-corrected chi connectivity index (χ4v) is 1.91. The molecule has 3 nitrogen and oxygen atoms in total. The molecule has 2 heterocycles. The van der Waals surface area contributed by atoms with E-state index in [0.29, 0.717) is 12.5 Å². The lowest BCUT2D eigenvalue weighted by molar-refractivity contribution is 0.274. The van der Waals surface area contributed by atoms with Gasteiger partial charge in [0.05, 0.1) is 17.2 Å². The molecule has 2 rings (SSSR count). The summed E-state index contributed by atoms with van der Waals surface area (Å²) in [5, 5.41) is 0. The van der Waals surface area contributed by atoms with Gasteiger partial charge in [0.15, 0.2) is 5.90 Å². The van der Waals surface area contributed by atoms with Crippen molar-refractivity contribution in [2.45, 2.75) is 39.2 Å². The molecule has 0 unspecified atom stereocenters. The van der Waals surface area contributed by atoms with Gasteiger partial charge in [-0.15, -0.1) is 0 Å². The summed E-state index contributed by atoms with van der Waals surface area (Å²) in [5.74, 6) is 1.34. The molecule has 0 aromatic carbocycles. The molecule has 0 radical (unpaired) electrons. The Kier molecular flexibility index (Phi) is 3.18. The molecule has 0 N–H and O–H groups in total.